The molecule has 0 atom stereocenters. The third-order valence-corrected chi connectivity index (χ3v) is 2.18. The van der Waals surface area contributed by atoms with Gasteiger partial charge in [0.25, 0.3) is 10.1 Å². The topological polar surface area (TPSA) is 72.8 Å². The second-order valence-corrected chi connectivity index (χ2v) is 4.17. The molecule has 13 heavy (non-hydrogen) atoms. The molecule has 0 aliphatic carbocycles. The molecule has 0 radical (unpaired) electrons. The monoisotopic (exact) mass is 212 g/mol. The van der Waals surface area contributed by atoms with E-state index >= 15 is 0 Å². The SMILES string of the molecule is COCCOCCCCS(=O)(=O)O. The van der Waals surface area contributed by atoms with Crippen molar-refractivity contribution < 1.29 is 22.4 Å². The zero-order chi connectivity index (χ0) is 10.2. The molecule has 0 aliphatic rings. The second kappa shape index (κ2) is 7.25. The molecular weight excluding hydrogens is 196 g/mol. The molecule has 5 nitrogen and oxygen atoms in total. The first-order chi connectivity index (χ1) is 6.06. The summed E-state index contributed by atoms with van der Waals surface area (Å²) < 4.78 is 38.7. The van der Waals surface area contributed by atoms with Crippen LogP contribution in [-0.2, 0) is 19.6 Å². The molecule has 0 bridgehead atoms. The smallest absolute Gasteiger partial charge is 0.264 e. The molecule has 0 fully saturated rings. The average molecular weight is 212 g/mol. The van der Waals surface area contributed by atoms with Gasteiger partial charge in [-0.1, -0.05) is 0 Å². The third-order valence-electron chi connectivity index (χ3n) is 1.37. The van der Waals surface area contributed by atoms with E-state index in [9.17, 15) is 8.42 Å². The Kier molecular flexibility index (Phi) is 7.16. The van der Waals surface area contributed by atoms with E-state index in [0.29, 0.717) is 32.7 Å². The quantitative estimate of drug-likeness (QED) is 0.463. The Hall–Kier alpha value is -0.170. The molecule has 0 aliphatic heterocycles. The molecular formula is C7H16O5S. The number of ether oxygens (including phenoxy) is 2. The van der Waals surface area contributed by atoms with E-state index in [0.717, 1.165) is 0 Å². The van der Waals surface area contributed by atoms with E-state index < -0.39 is 10.1 Å². The van der Waals surface area contributed by atoms with Crippen LogP contribution >= 0.6 is 0 Å². The number of methoxy groups -OCH3 is 1. The van der Waals surface area contributed by atoms with Crippen LogP contribution in [0.25, 0.3) is 0 Å². The second-order valence-electron chi connectivity index (χ2n) is 2.60. The first-order valence-electron chi connectivity index (χ1n) is 4.08. The van der Waals surface area contributed by atoms with Crippen molar-refractivity contribution in [3.05, 3.63) is 0 Å². The van der Waals surface area contributed by atoms with Crippen molar-refractivity contribution in [1.29, 1.82) is 0 Å². The molecule has 0 saturated carbocycles. The molecule has 0 unspecified atom stereocenters. The van der Waals surface area contributed by atoms with E-state index in [1.165, 1.54) is 0 Å². The normalized spacial score (nSPS) is 11.8. The van der Waals surface area contributed by atoms with Gasteiger partial charge in [-0.2, -0.15) is 8.42 Å². The van der Waals surface area contributed by atoms with Gasteiger partial charge >= 0.3 is 0 Å². The highest BCUT2D eigenvalue weighted by Gasteiger charge is 2.02. The van der Waals surface area contributed by atoms with E-state index in [1.54, 1.807) is 7.11 Å². The summed E-state index contributed by atoms with van der Waals surface area (Å²) in [4.78, 5) is 0. The van der Waals surface area contributed by atoms with Gasteiger partial charge in [0.15, 0.2) is 0 Å². The standard InChI is InChI=1S/C7H16O5S/c1-11-5-6-12-4-2-3-7-13(8,9)10/h2-7H2,1H3,(H,8,9,10). The first kappa shape index (κ1) is 12.8. The summed E-state index contributed by atoms with van der Waals surface area (Å²) in [7, 11) is -2.22. The van der Waals surface area contributed by atoms with Crippen LogP contribution in [0.5, 0.6) is 0 Å². The molecule has 0 amide bonds. The minimum atomic E-state index is -3.80. The van der Waals surface area contributed by atoms with Crippen LogP contribution in [0.3, 0.4) is 0 Å². The number of hydrogen-bond acceptors (Lipinski definition) is 4. The Morgan fingerprint density at radius 2 is 1.85 bits per heavy atom. The molecule has 0 aromatic rings. The van der Waals surface area contributed by atoms with Gasteiger partial charge in [0.2, 0.25) is 0 Å². The molecule has 6 heteroatoms. The zero-order valence-electron chi connectivity index (χ0n) is 7.73. The maximum atomic E-state index is 10.3. The largest absolute Gasteiger partial charge is 0.382 e. The van der Waals surface area contributed by atoms with Crippen LogP contribution in [0.1, 0.15) is 12.8 Å². The molecule has 0 heterocycles. The number of rotatable bonds is 8. The highest BCUT2D eigenvalue weighted by molar-refractivity contribution is 7.85. The van der Waals surface area contributed by atoms with Crippen LogP contribution in [-0.4, -0.2) is 45.7 Å². The van der Waals surface area contributed by atoms with Crippen molar-refractivity contribution in [2.75, 3.05) is 32.7 Å². The molecule has 80 valence electrons. The Labute approximate surface area is 78.8 Å². The van der Waals surface area contributed by atoms with Crippen molar-refractivity contribution in [1.82, 2.24) is 0 Å². The highest BCUT2D eigenvalue weighted by atomic mass is 32.2. The fourth-order valence-electron chi connectivity index (χ4n) is 0.733. The Morgan fingerprint density at radius 3 is 2.38 bits per heavy atom. The fraction of sp³-hybridized carbons (Fsp3) is 1.00. The van der Waals surface area contributed by atoms with E-state index in [-0.39, 0.29) is 5.75 Å². The summed E-state index contributed by atoms with van der Waals surface area (Å²) in [6.45, 7) is 1.56. The van der Waals surface area contributed by atoms with Gasteiger partial charge in [-0.15, -0.1) is 0 Å². The van der Waals surface area contributed by atoms with Crippen molar-refractivity contribution in [2.45, 2.75) is 12.8 Å². The molecule has 0 rings (SSSR count). The van der Waals surface area contributed by atoms with Crippen LogP contribution in [0.2, 0.25) is 0 Å². The van der Waals surface area contributed by atoms with Crippen LogP contribution in [0, 0.1) is 0 Å². The molecule has 0 aromatic heterocycles. The van der Waals surface area contributed by atoms with Crippen molar-refractivity contribution >= 4 is 10.1 Å². The van der Waals surface area contributed by atoms with Gasteiger partial charge in [-0.3, -0.25) is 4.55 Å². The minimum Gasteiger partial charge on any atom is -0.382 e. The Balaban J connectivity index is 3.09. The summed E-state index contributed by atoms with van der Waals surface area (Å²) >= 11 is 0. The molecule has 1 N–H and O–H groups in total. The van der Waals surface area contributed by atoms with Gasteiger partial charge in [0.05, 0.1) is 19.0 Å². The van der Waals surface area contributed by atoms with Gasteiger partial charge in [-0.05, 0) is 12.8 Å². The molecule has 0 spiro atoms. The van der Waals surface area contributed by atoms with Crippen LogP contribution < -0.4 is 0 Å². The first-order valence-corrected chi connectivity index (χ1v) is 5.69. The third kappa shape index (κ3) is 11.8. The van der Waals surface area contributed by atoms with E-state index in [2.05, 4.69) is 0 Å². The van der Waals surface area contributed by atoms with Crippen LogP contribution in [0.4, 0.5) is 0 Å². The van der Waals surface area contributed by atoms with Crippen molar-refractivity contribution in [3.8, 4) is 0 Å². The summed E-state index contributed by atoms with van der Waals surface area (Å²) in [6.07, 6.45) is 1.05. The van der Waals surface area contributed by atoms with Gasteiger partial charge in [-0.25, -0.2) is 0 Å². The van der Waals surface area contributed by atoms with Gasteiger partial charge < -0.3 is 9.47 Å². The molecule has 0 saturated heterocycles. The Bertz CT molecular complexity index is 199. The van der Waals surface area contributed by atoms with Gasteiger partial charge in [0.1, 0.15) is 0 Å². The lowest BCUT2D eigenvalue weighted by Crippen LogP contribution is -2.07. The molecule has 0 aromatic carbocycles. The summed E-state index contributed by atoms with van der Waals surface area (Å²) in [5.74, 6) is -0.194. The minimum absolute atomic E-state index is 0.194. The lowest BCUT2D eigenvalue weighted by Gasteiger charge is -2.02. The number of unbranched alkanes of at least 4 members (excludes halogenated alkanes) is 1. The van der Waals surface area contributed by atoms with Crippen LogP contribution in [0.15, 0.2) is 0 Å². The average Bonchev–Trinajstić information content (AvgIpc) is 2.01. The summed E-state index contributed by atoms with van der Waals surface area (Å²) in [5.41, 5.74) is 0. The highest BCUT2D eigenvalue weighted by Crippen LogP contribution is 1.94. The summed E-state index contributed by atoms with van der Waals surface area (Å²) in [5, 5.41) is 0. The predicted molar refractivity (Wildman–Crippen MR) is 48.3 cm³/mol. The summed E-state index contributed by atoms with van der Waals surface area (Å²) in [6, 6.07) is 0. The lowest BCUT2D eigenvalue weighted by molar-refractivity contribution is 0.0692. The maximum Gasteiger partial charge on any atom is 0.264 e. The van der Waals surface area contributed by atoms with Crippen molar-refractivity contribution in [2.24, 2.45) is 0 Å². The zero-order valence-corrected chi connectivity index (χ0v) is 8.55. The van der Waals surface area contributed by atoms with Gasteiger partial charge in [0, 0.05) is 13.7 Å². The predicted octanol–water partition coefficient (Wildman–Crippen LogP) is 0.317. The Morgan fingerprint density at radius 1 is 1.15 bits per heavy atom. The number of hydrogen-bond donors (Lipinski definition) is 1. The van der Waals surface area contributed by atoms with E-state index in [4.69, 9.17) is 14.0 Å². The van der Waals surface area contributed by atoms with E-state index in [1.807, 2.05) is 0 Å². The maximum absolute atomic E-state index is 10.3. The van der Waals surface area contributed by atoms with Crippen molar-refractivity contribution in [3.63, 3.8) is 0 Å². The lowest BCUT2D eigenvalue weighted by atomic mass is 10.4. The fourth-order valence-corrected chi connectivity index (χ4v) is 1.30.